The predicted octanol–water partition coefficient (Wildman–Crippen LogP) is 2.76. The van der Waals surface area contributed by atoms with Gasteiger partial charge in [-0.15, -0.1) is 0 Å². The molecule has 3 rings (SSSR count). The first kappa shape index (κ1) is 16.9. The summed E-state index contributed by atoms with van der Waals surface area (Å²) >= 11 is 0. The van der Waals surface area contributed by atoms with Gasteiger partial charge in [0.25, 0.3) is 0 Å². The Hall–Kier alpha value is -1.92. The van der Waals surface area contributed by atoms with Crippen LogP contribution in [0.1, 0.15) is 16.7 Å². The summed E-state index contributed by atoms with van der Waals surface area (Å²) in [5.41, 5.74) is 3.03. The van der Waals surface area contributed by atoms with E-state index in [1.54, 1.807) is 6.07 Å². The fourth-order valence-corrected chi connectivity index (χ4v) is 3.74. The third kappa shape index (κ3) is 4.13. The van der Waals surface area contributed by atoms with Crippen LogP contribution < -0.4 is 4.74 Å². The van der Waals surface area contributed by atoms with E-state index in [2.05, 4.69) is 0 Å². The molecule has 24 heavy (non-hydrogen) atoms. The highest BCUT2D eigenvalue weighted by molar-refractivity contribution is 7.88. The molecule has 128 valence electrons. The molecule has 4 nitrogen and oxygen atoms in total. The second kappa shape index (κ2) is 6.91. The van der Waals surface area contributed by atoms with Crippen LogP contribution in [-0.2, 0) is 29.5 Å². The Morgan fingerprint density at radius 1 is 1.08 bits per heavy atom. The van der Waals surface area contributed by atoms with Gasteiger partial charge in [0.05, 0.1) is 6.26 Å². The van der Waals surface area contributed by atoms with Gasteiger partial charge in [0.1, 0.15) is 18.2 Å². The quantitative estimate of drug-likeness (QED) is 0.853. The molecule has 1 heterocycles. The molecule has 1 aliphatic rings. The molecule has 0 fully saturated rings. The maximum atomic E-state index is 13.2. The number of ether oxygens (including phenoxy) is 1. The van der Waals surface area contributed by atoms with Crippen molar-refractivity contribution < 1.29 is 17.5 Å². The van der Waals surface area contributed by atoms with Crippen LogP contribution in [0.4, 0.5) is 4.39 Å². The zero-order chi connectivity index (χ0) is 17.2. The van der Waals surface area contributed by atoms with E-state index in [0.717, 1.165) is 16.7 Å². The molecule has 0 atom stereocenters. The zero-order valence-corrected chi connectivity index (χ0v) is 14.4. The predicted molar refractivity (Wildman–Crippen MR) is 91.0 cm³/mol. The molecule has 0 bridgehead atoms. The van der Waals surface area contributed by atoms with E-state index in [4.69, 9.17) is 4.74 Å². The van der Waals surface area contributed by atoms with Crippen molar-refractivity contribution in [2.24, 2.45) is 0 Å². The van der Waals surface area contributed by atoms with E-state index >= 15 is 0 Å². The third-order valence-electron chi connectivity index (χ3n) is 4.20. The normalized spacial score (nSPS) is 15.6. The Kier molecular flexibility index (Phi) is 4.87. The molecule has 0 saturated carbocycles. The van der Waals surface area contributed by atoms with Gasteiger partial charge in [0, 0.05) is 13.1 Å². The van der Waals surface area contributed by atoms with E-state index in [1.165, 1.54) is 22.7 Å². The number of nitrogens with zero attached hydrogens (tertiary/aromatic N) is 1. The second-order valence-electron chi connectivity index (χ2n) is 6.01. The van der Waals surface area contributed by atoms with Gasteiger partial charge in [0.15, 0.2) is 0 Å². The van der Waals surface area contributed by atoms with Gasteiger partial charge >= 0.3 is 0 Å². The van der Waals surface area contributed by atoms with Crippen molar-refractivity contribution in [3.05, 3.63) is 65.0 Å². The highest BCUT2D eigenvalue weighted by atomic mass is 32.2. The lowest BCUT2D eigenvalue weighted by atomic mass is 10.0. The molecule has 2 aromatic rings. The molecule has 0 aliphatic carbocycles. The van der Waals surface area contributed by atoms with Crippen molar-refractivity contribution >= 4 is 10.0 Å². The summed E-state index contributed by atoms with van der Waals surface area (Å²) in [6, 6.07) is 12.2. The van der Waals surface area contributed by atoms with Crippen LogP contribution in [0.15, 0.2) is 42.5 Å². The van der Waals surface area contributed by atoms with Crippen molar-refractivity contribution in [2.45, 2.75) is 19.4 Å². The van der Waals surface area contributed by atoms with E-state index in [1.807, 2.05) is 24.3 Å². The molecular formula is C18H20FNO3S. The van der Waals surface area contributed by atoms with Crippen LogP contribution in [0, 0.1) is 5.82 Å². The van der Waals surface area contributed by atoms with Crippen LogP contribution in [0.25, 0.3) is 0 Å². The Bertz CT molecular complexity index is 836. The van der Waals surface area contributed by atoms with Crippen LogP contribution in [-0.4, -0.2) is 32.1 Å². The molecular weight excluding hydrogens is 329 g/mol. The van der Waals surface area contributed by atoms with E-state index < -0.39 is 10.0 Å². The number of hydrogen-bond acceptors (Lipinski definition) is 3. The molecule has 0 radical (unpaired) electrons. The molecule has 0 N–H and O–H groups in total. The molecule has 0 unspecified atom stereocenters. The Morgan fingerprint density at radius 3 is 2.54 bits per heavy atom. The molecule has 0 spiro atoms. The Labute approximate surface area is 141 Å². The Balaban J connectivity index is 1.70. The van der Waals surface area contributed by atoms with E-state index in [-0.39, 0.29) is 5.82 Å². The third-order valence-corrected chi connectivity index (χ3v) is 5.51. The smallest absolute Gasteiger partial charge is 0.211 e. The van der Waals surface area contributed by atoms with E-state index in [0.29, 0.717) is 38.3 Å². The minimum Gasteiger partial charge on any atom is -0.489 e. The van der Waals surface area contributed by atoms with Crippen molar-refractivity contribution in [3.63, 3.8) is 0 Å². The Morgan fingerprint density at radius 2 is 1.83 bits per heavy atom. The van der Waals surface area contributed by atoms with Gasteiger partial charge < -0.3 is 4.74 Å². The molecule has 2 aromatic carbocycles. The fraction of sp³-hybridized carbons (Fsp3) is 0.333. The van der Waals surface area contributed by atoms with Crippen molar-refractivity contribution in [1.29, 1.82) is 0 Å². The summed E-state index contributed by atoms with van der Waals surface area (Å²) in [4.78, 5) is 0. The number of rotatable bonds is 4. The fourth-order valence-electron chi connectivity index (χ4n) is 2.90. The lowest BCUT2D eigenvalue weighted by molar-refractivity contribution is 0.305. The minimum absolute atomic E-state index is 0.279. The lowest BCUT2D eigenvalue weighted by Crippen LogP contribution is -2.32. The largest absolute Gasteiger partial charge is 0.489 e. The van der Waals surface area contributed by atoms with Crippen molar-refractivity contribution in [3.8, 4) is 5.75 Å². The number of hydrogen-bond donors (Lipinski definition) is 0. The van der Waals surface area contributed by atoms with Crippen LogP contribution in [0.3, 0.4) is 0 Å². The van der Waals surface area contributed by atoms with Crippen LogP contribution in [0.5, 0.6) is 5.75 Å². The molecule has 0 amide bonds. The first-order valence-corrected chi connectivity index (χ1v) is 9.71. The average Bonchev–Trinajstić information content (AvgIpc) is 2.75. The maximum Gasteiger partial charge on any atom is 0.211 e. The minimum atomic E-state index is -3.16. The molecule has 6 heteroatoms. The summed E-state index contributed by atoms with van der Waals surface area (Å²) in [6.45, 7) is 1.29. The van der Waals surface area contributed by atoms with Crippen molar-refractivity contribution in [2.75, 3.05) is 19.3 Å². The van der Waals surface area contributed by atoms with E-state index in [9.17, 15) is 12.8 Å². The van der Waals surface area contributed by atoms with Gasteiger partial charge in [-0.1, -0.05) is 18.2 Å². The van der Waals surface area contributed by atoms with Gasteiger partial charge in [0.2, 0.25) is 10.0 Å². The summed E-state index contributed by atoms with van der Waals surface area (Å²) in [5, 5.41) is 0. The SMILES string of the molecule is CS(=O)(=O)N1CCc2ccc(OCc3cccc(F)c3)cc2CC1. The van der Waals surface area contributed by atoms with Gasteiger partial charge in [-0.05, 0) is 53.8 Å². The highest BCUT2D eigenvalue weighted by Crippen LogP contribution is 2.23. The lowest BCUT2D eigenvalue weighted by Gasteiger charge is -2.16. The molecule has 1 aliphatic heterocycles. The van der Waals surface area contributed by atoms with Crippen LogP contribution >= 0.6 is 0 Å². The van der Waals surface area contributed by atoms with Gasteiger partial charge in [-0.2, -0.15) is 0 Å². The summed E-state index contributed by atoms with van der Waals surface area (Å²) in [5.74, 6) is 0.435. The average molecular weight is 349 g/mol. The van der Waals surface area contributed by atoms with Gasteiger partial charge in [-0.3, -0.25) is 0 Å². The number of fused-ring (bicyclic) bond motifs is 1. The van der Waals surface area contributed by atoms with Crippen LogP contribution in [0.2, 0.25) is 0 Å². The highest BCUT2D eigenvalue weighted by Gasteiger charge is 2.20. The van der Waals surface area contributed by atoms with Gasteiger partial charge in [-0.25, -0.2) is 17.1 Å². The number of sulfonamides is 1. The molecule has 0 aromatic heterocycles. The standard InChI is InChI=1S/C18H20FNO3S/c1-24(21,22)20-9-7-15-5-6-18(12-16(15)8-10-20)23-13-14-3-2-4-17(19)11-14/h2-6,11-12H,7-10,13H2,1H3. The summed E-state index contributed by atoms with van der Waals surface area (Å²) in [6.07, 6.45) is 2.61. The summed E-state index contributed by atoms with van der Waals surface area (Å²) < 4.78 is 43.9. The zero-order valence-electron chi connectivity index (χ0n) is 13.5. The number of benzene rings is 2. The first-order valence-electron chi connectivity index (χ1n) is 7.86. The molecule has 0 saturated heterocycles. The first-order chi connectivity index (χ1) is 11.4. The summed E-state index contributed by atoms with van der Waals surface area (Å²) in [7, 11) is -3.16. The second-order valence-corrected chi connectivity index (χ2v) is 7.99. The maximum absolute atomic E-state index is 13.2. The van der Waals surface area contributed by atoms with Crippen molar-refractivity contribution in [1.82, 2.24) is 4.31 Å². The topological polar surface area (TPSA) is 46.6 Å². The number of halogens is 1. The monoisotopic (exact) mass is 349 g/mol.